The fraction of sp³-hybridized carbons (Fsp3) is 0.417. The molecule has 2 atom stereocenters. The van der Waals surface area contributed by atoms with Crippen molar-refractivity contribution in [1.82, 2.24) is 0 Å². The second kappa shape index (κ2) is 2.99. The number of aliphatic imine (C=N–C) groups is 1. The van der Waals surface area contributed by atoms with Crippen molar-refractivity contribution < 1.29 is 0 Å². The van der Waals surface area contributed by atoms with Crippen molar-refractivity contribution in [2.75, 3.05) is 6.54 Å². The molecule has 3 rings (SSSR count). The van der Waals surface area contributed by atoms with Gasteiger partial charge in [-0.2, -0.15) is 0 Å². The monoisotopic (exact) mass is 239 g/mol. The number of rotatable bonds is 1. The van der Waals surface area contributed by atoms with Crippen molar-refractivity contribution in [2.45, 2.75) is 18.8 Å². The Morgan fingerprint density at radius 1 is 1.33 bits per heavy atom. The molecule has 1 nitrogen and oxygen atoms in total. The average Bonchev–Trinajstić information content (AvgIpc) is 2.87. The summed E-state index contributed by atoms with van der Waals surface area (Å²) in [7, 11) is 0. The number of nitrogens with zero attached hydrogens (tertiary/aromatic N) is 1. The first-order valence-electron chi connectivity index (χ1n) is 5.11. The molecule has 78 valence electrons. The van der Waals surface area contributed by atoms with Gasteiger partial charge < -0.3 is 0 Å². The molecule has 2 aliphatic rings. The van der Waals surface area contributed by atoms with Gasteiger partial charge in [-0.05, 0) is 37.0 Å². The van der Waals surface area contributed by atoms with E-state index in [1.165, 1.54) is 17.7 Å². The van der Waals surface area contributed by atoms with Gasteiger partial charge in [0.05, 0.1) is 10.0 Å². The minimum atomic E-state index is 0.203. The second-order valence-electron chi connectivity index (χ2n) is 4.43. The zero-order chi connectivity index (χ0) is 10.6. The van der Waals surface area contributed by atoms with E-state index in [4.69, 9.17) is 23.2 Å². The fourth-order valence-electron chi connectivity index (χ4n) is 2.72. The molecule has 0 saturated heterocycles. The number of hydrogen-bond donors (Lipinski definition) is 0. The first kappa shape index (κ1) is 9.68. The molecule has 1 aromatic rings. The predicted octanol–water partition coefficient (Wildman–Crippen LogP) is 3.73. The van der Waals surface area contributed by atoms with E-state index in [1.807, 2.05) is 12.1 Å². The van der Waals surface area contributed by atoms with E-state index in [-0.39, 0.29) is 5.41 Å². The molecule has 0 bridgehead atoms. The standard InChI is InChI=1S/C12H11Cl2N/c1-7-12(5-9(12)6-15-7)8-2-3-10(13)11(14)4-8/h2-4,9H,5-6H2,1H3. The molecule has 1 heterocycles. The minimum absolute atomic E-state index is 0.203. The highest BCUT2D eigenvalue weighted by atomic mass is 35.5. The maximum absolute atomic E-state index is 6.05. The van der Waals surface area contributed by atoms with Gasteiger partial charge in [-0.1, -0.05) is 29.3 Å². The minimum Gasteiger partial charge on any atom is -0.293 e. The molecule has 0 radical (unpaired) electrons. The van der Waals surface area contributed by atoms with Crippen LogP contribution in [0.4, 0.5) is 0 Å². The van der Waals surface area contributed by atoms with Crippen LogP contribution in [0.2, 0.25) is 10.0 Å². The number of halogens is 2. The summed E-state index contributed by atoms with van der Waals surface area (Å²) in [6.07, 6.45) is 1.22. The molecule has 1 aliphatic carbocycles. The maximum Gasteiger partial charge on any atom is 0.0595 e. The van der Waals surface area contributed by atoms with Gasteiger partial charge in [-0.15, -0.1) is 0 Å². The molecular weight excluding hydrogens is 229 g/mol. The summed E-state index contributed by atoms with van der Waals surface area (Å²) in [6, 6.07) is 5.96. The maximum atomic E-state index is 6.05. The highest BCUT2D eigenvalue weighted by molar-refractivity contribution is 6.42. The summed E-state index contributed by atoms with van der Waals surface area (Å²) in [4.78, 5) is 4.51. The van der Waals surface area contributed by atoms with Gasteiger partial charge in [0.1, 0.15) is 0 Å². The van der Waals surface area contributed by atoms with Gasteiger partial charge in [0.25, 0.3) is 0 Å². The lowest BCUT2D eigenvalue weighted by molar-refractivity contribution is 0.811. The van der Waals surface area contributed by atoms with E-state index in [9.17, 15) is 0 Å². The van der Waals surface area contributed by atoms with E-state index in [0.29, 0.717) is 16.0 Å². The van der Waals surface area contributed by atoms with Crippen LogP contribution < -0.4 is 0 Å². The zero-order valence-corrected chi connectivity index (χ0v) is 9.94. The van der Waals surface area contributed by atoms with Crippen molar-refractivity contribution in [2.24, 2.45) is 10.9 Å². The summed E-state index contributed by atoms with van der Waals surface area (Å²) in [6.45, 7) is 3.10. The molecule has 0 N–H and O–H groups in total. The second-order valence-corrected chi connectivity index (χ2v) is 5.24. The van der Waals surface area contributed by atoms with Crippen LogP contribution in [-0.4, -0.2) is 12.3 Å². The fourth-order valence-corrected chi connectivity index (χ4v) is 3.02. The Bertz CT molecular complexity index is 467. The van der Waals surface area contributed by atoms with Crippen LogP contribution in [0.25, 0.3) is 0 Å². The van der Waals surface area contributed by atoms with Crippen LogP contribution in [0.1, 0.15) is 18.9 Å². The Kier molecular flexibility index (Phi) is 1.93. The Morgan fingerprint density at radius 3 is 2.67 bits per heavy atom. The molecule has 0 spiro atoms. The zero-order valence-electron chi connectivity index (χ0n) is 8.43. The SMILES string of the molecule is CC1=NCC2CC12c1ccc(Cl)c(Cl)c1. The third kappa shape index (κ3) is 1.20. The van der Waals surface area contributed by atoms with Gasteiger partial charge in [-0.25, -0.2) is 0 Å². The Hall–Kier alpha value is -0.530. The number of hydrogen-bond acceptors (Lipinski definition) is 1. The van der Waals surface area contributed by atoms with E-state index < -0.39 is 0 Å². The quantitative estimate of drug-likeness (QED) is 0.709. The molecule has 1 aromatic carbocycles. The van der Waals surface area contributed by atoms with Gasteiger partial charge in [-0.3, -0.25) is 4.99 Å². The lowest BCUT2D eigenvalue weighted by atomic mass is 9.90. The van der Waals surface area contributed by atoms with Gasteiger partial charge in [0.2, 0.25) is 0 Å². The highest BCUT2D eigenvalue weighted by Crippen LogP contribution is 2.59. The van der Waals surface area contributed by atoms with E-state index in [2.05, 4.69) is 18.0 Å². The van der Waals surface area contributed by atoms with Crippen LogP contribution >= 0.6 is 23.2 Å². The van der Waals surface area contributed by atoms with Crippen LogP contribution in [-0.2, 0) is 5.41 Å². The molecule has 1 fully saturated rings. The van der Waals surface area contributed by atoms with Crippen LogP contribution in [0.5, 0.6) is 0 Å². The lowest BCUT2D eigenvalue weighted by Gasteiger charge is -2.14. The third-order valence-corrected chi connectivity index (χ3v) is 4.47. The number of fused-ring (bicyclic) bond motifs is 1. The summed E-state index contributed by atoms with van der Waals surface area (Å²) < 4.78 is 0. The van der Waals surface area contributed by atoms with Gasteiger partial charge in [0.15, 0.2) is 0 Å². The molecule has 1 saturated carbocycles. The van der Waals surface area contributed by atoms with Crippen LogP contribution in [0.15, 0.2) is 23.2 Å². The Labute approximate surface area is 99.1 Å². The van der Waals surface area contributed by atoms with E-state index in [1.54, 1.807) is 0 Å². The molecule has 0 amide bonds. The van der Waals surface area contributed by atoms with Gasteiger partial charge in [0, 0.05) is 17.7 Å². The molecule has 3 heteroatoms. The summed E-state index contributed by atoms with van der Waals surface area (Å²) >= 11 is 12.0. The normalized spacial score (nSPS) is 32.5. The van der Waals surface area contributed by atoms with Crippen LogP contribution in [0, 0.1) is 5.92 Å². The number of benzene rings is 1. The summed E-state index contributed by atoms with van der Waals surface area (Å²) in [5.41, 5.74) is 2.74. The topological polar surface area (TPSA) is 12.4 Å². The van der Waals surface area contributed by atoms with Crippen molar-refractivity contribution in [3.63, 3.8) is 0 Å². The molecule has 15 heavy (non-hydrogen) atoms. The Balaban J connectivity index is 2.08. The third-order valence-electron chi connectivity index (χ3n) is 3.73. The summed E-state index contributed by atoms with van der Waals surface area (Å²) in [5, 5.41) is 1.27. The molecule has 0 aromatic heterocycles. The molecule has 2 unspecified atom stereocenters. The van der Waals surface area contributed by atoms with Crippen molar-refractivity contribution in [1.29, 1.82) is 0 Å². The van der Waals surface area contributed by atoms with Crippen molar-refractivity contribution >= 4 is 28.9 Å². The van der Waals surface area contributed by atoms with E-state index in [0.717, 1.165) is 6.54 Å². The molecule has 1 aliphatic heterocycles. The largest absolute Gasteiger partial charge is 0.293 e. The smallest absolute Gasteiger partial charge is 0.0595 e. The van der Waals surface area contributed by atoms with E-state index >= 15 is 0 Å². The Morgan fingerprint density at radius 2 is 2.13 bits per heavy atom. The first-order valence-corrected chi connectivity index (χ1v) is 5.87. The summed E-state index contributed by atoms with van der Waals surface area (Å²) in [5.74, 6) is 0.703. The lowest BCUT2D eigenvalue weighted by Crippen LogP contribution is -2.16. The average molecular weight is 240 g/mol. The first-order chi connectivity index (χ1) is 7.14. The van der Waals surface area contributed by atoms with Gasteiger partial charge >= 0.3 is 0 Å². The predicted molar refractivity (Wildman–Crippen MR) is 64.2 cm³/mol. The highest BCUT2D eigenvalue weighted by Gasteiger charge is 2.60. The molecular formula is C12H11Cl2N. The van der Waals surface area contributed by atoms with Crippen molar-refractivity contribution in [3.8, 4) is 0 Å². The van der Waals surface area contributed by atoms with Crippen molar-refractivity contribution in [3.05, 3.63) is 33.8 Å². The van der Waals surface area contributed by atoms with Crippen LogP contribution in [0.3, 0.4) is 0 Å².